The topological polar surface area (TPSA) is 51.1 Å². The molecule has 3 aromatic carbocycles. The average molecular weight is 412 g/mol. The van der Waals surface area contributed by atoms with Crippen molar-refractivity contribution in [3.8, 4) is 5.75 Å². The number of hydrogen-bond donors (Lipinski definition) is 1. The Labute approximate surface area is 172 Å². The number of fused-ring (bicyclic) bond motifs is 1. The number of nitrogens with one attached hydrogen (secondary N) is 1. The molecule has 0 amide bonds. The number of nitrogens with zero attached hydrogens (tertiary/aromatic N) is 1. The molecule has 0 atom stereocenters. The lowest BCUT2D eigenvalue weighted by atomic mass is 10.0. The molecule has 5 nitrogen and oxygen atoms in total. The van der Waals surface area contributed by atoms with Crippen molar-refractivity contribution < 1.29 is 18.1 Å². The zero-order valence-corrected chi connectivity index (χ0v) is 17.5. The van der Waals surface area contributed by atoms with Crippen LogP contribution in [-0.4, -0.2) is 45.5 Å². The van der Waals surface area contributed by atoms with Gasteiger partial charge in [-0.05, 0) is 42.0 Å². The van der Waals surface area contributed by atoms with Crippen molar-refractivity contribution in [1.82, 2.24) is 4.31 Å². The van der Waals surface area contributed by atoms with Crippen LogP contribution in [0.4, 0.5) is 0 Å². The molecular formula is C23H27N2O3S+. The van der Waals surface area contributed by atoms with E-state index in [0.29, 0.717) is 30.3 Å². The Balaban J connectivity index is 1.42. The molecule has 1 fully saturated rings. The summed E-state index contributed by atoms with van der Waals surface area (Å²) in [6, 6.07) is 21.6. The van der Waals surface area contributed by atoms with Crippen LogP contribution in [0.1, 0.15) is 12.5 Å². The third kappa shape index (κ3) is 4.29. The molecule has 0 unspecified atom stereocenters. The number of benzene rings is 3. The van der Waals surface area contributed by atoms with E-state index in [2.05, 4.69) is 42.5 Å². The number of piperazine rings is 1. The Hall–Kier alpha value is -2.41. The van der Waals surface area contributed by atoms with Gasteiger partial charge in [0, 0.05) is 5.56 Å². The molecule has 1 N–H and O–H groups in total. The Kier molecular flexibility index (Phi) is 5.85. The first kappa shape index (κ1) is 19.9. The molecule has 1 aliphatic rings. The lowest BCUT2D eigenvalue weighted by Gasteiger charge is -2.31. The zero-order valence-electron chi connectivity index (χ0n) is 16.7. The van der Waals surface area contributed by atoms with Crippen molar-refractivity contribution in [2.75, 3.05) is 32.8 Å². The van der Waals surface area contributed by atoms with Gasteiger partial charge in [-0.3, -0.25) is 0 Å². The highest BCUT2D eigenvalue weighted by atomic mass is 32.2. The second kappa shape index (κ2) is 8.53. The Morgan fingerprint density at radius 2 is 1.62 bits per heavy atom. The van der Waals surface area contributed by atoms with E-state index in [4.69, 9.17) is 4.74 Å². The predicted octanol–water partition coefficient (Wildman–Crippen LogP) is 2.33. The summed E-state index contributed by atoms with van der Waals surface area (Å²) < 4.78 is 33.0. The predicted molar refractivity (Wildman–Crippen MR) is 115 cm³/mol. The van der Waals surface area contributed by atoms with Crippen molar-refractivity contribution >= 4 is 20.8 Å². The van der Waals surface area contributed by atoms with Crippen LogP contribution >= 0.6 is 0 Å². The standard InChI is InChI=1S/C23H26N2O3S/c1-2-28-21-10-12-22(13-11-21)29(26,27)25-16-14-24(15-17-25)18-20-8-5-7-19-6-3-4-9-23(19)20/h3-13H,2,14-18H2,1H3/p+1. The van der Waals surface area contributed by atoms with Crippen LogP contribution < -0.4 is 9.64 Å². The van der Waals surface area contributed by atoms with Gasteiger partial charge in [-0.15, -0.1) is 0 Å². The maximum atomic E-state index is 13.0. The Morgan fingerprint density at radius 1 is 0.931 bits per heavy atom. The molecule has 152 valence electrons. The lowest BCUT2D eigenvalue weighted by molar-refractivity contribution is -0.917. The van der Waals surface area contributed by atoms with Gasteiger partial charge in [0.1, 0.15) is 12.3 Å². The van der Waals surface area contributed by atoms with Gasteiger partial charge in [0.15, 0.2) is 0 Å². The van der Waals surface area contributed by atoms with E-state index in [0.717, 1.165) is 19.6 Å². The summed E-state index contributed by atoms with van der Waals surface area (Å²) in [5, 5.41) is 2.54. The fourth-order valence-corrected chi connectivity index (χ4v) is 5.40. The molecule has 29 heavy (non-hydrogen) atoms. The summed E-state index contributed by atoms with van der Waals surface area (Å²) in [5.74, 6) is 0.691. The summed E-state index contributed by atoms with van der Waals surface area (Å²) in [6.07, 6.45) is 0. The smallest absolute Gasteiger partial charge is 0.243 e. The van der Waals surface area contributed by atoms with Crippen molar-refractivity contribution in [2.45, 2.75) is 18.4 Å². The highest BCUT2D eigenvalue weighted by molar-refractivity contribution is 7.89. The minimum atomic E-state index is -3.46. The van der Waals surface area contributed by atoms with Gasteiger partial charge in [0.25, 0.3) is 0 Å². The molecule has 1 aliphatic heterocycles. The zero-order chi connectivity index (χ0) is 20.3. The van der Waals surface area contributed by atoms with Gasteiger partial charge in [-0.2, -0.15) is 4.31 Å². The van der Waals surface area contributed by atoms with Crippen LogP contribution in [0, 0.1) is 0 Å². The van der Waals surface area contributed by atoms with Gasteiger partial charge in [-0.25, -0.2) is 8.42 Å². The first-order valence-electron chi connectivity index (χ1n) is 10.1. The molecule has 0 aliphatic carbocycles. The van der Waals surface area contributed by atoms with Gasteiger partial charge in [0.05, 0.1) is 37.7 Å². The van der Waals surface area contributed by atoms with Crippen LogP contribution in [0.2, 0.25) is 0 Å². The fourth-order valence-electron chi connectivity index (χ4n) is 3.96. The average Bonchev–Trinajstić information content (AvgIpc) is 2.75. The largest absolute Gasteiger partial charge is 0.494 e. The van der Waals surface area contributed by atoms with E-state index in [1.54, 1.807) is 28.6 Å². The van der Waals surface area contributed by atoms with E-state index >= 15 is 0 Å². The van der Waals surface area contributed by atoms with Gasteiger partial charge in [0.2, 0.25) is 10.0 Å². The van der Waals surface area contributed by atoms with Crippen LogP contribution in [-0.2, 0) is 16.6 Å². The van der Waals surface area contributed by atoms with E-state index in [1.807, 2.05) is 6.92 Å². The van der Waals surface area contributed by atoms with E-state index in [-0.39, 0.29) is 0 Å². The molecular weight excluding hydrogens is 384 g/mol. The minimum Gasteiger partial charge on any atom is -0.494 e. The number of sulfonamides is 1. The molecule has 1 heterocycles. The number of ether oxygens (including phenoxy) is 1. The maximum absolute atomic E-state index is 13.0. The SMILES string of the molecule is CCOc1ccc(S(=O)(=O)N2CC[NH+](Cc3cccc4ccccc34)CC2)cc1. The monoisotopic (exact) mass is 411 g/mol. The maximum Gasteiger partial charge on any atom is 0.243 e. The number of hydrogen-bond acceptors (Lipinski definition) is 3. The first-order valence-corrected chi connectivity index (χ1v) is 11.5. The second-order valence-electron chi connectivity index (χ2n) is 7.37. The van der Waals surface area contributed by atoms with Crippen molar-refractivity contribution in [2.24, 2.45) is 0 Å². The van der Waals surface area contributed by atoms with Crippen LogP contribution in [0.5, 0.6) is 5.75 Å². The summed E-state index contributed by atoms with van der Waals surface area (Å²) in [4.78, 5) is 1.75. The summed E-state index contributed by atoms with van der Waals surface area (Å²) in [5.41, 5.74) is 1.32. The quantitative estimate of drug-likeness (QED) is 0.677. The molecule has 3 aromatic rings. The molecule has 1 saturated heterocycles. The number of quaternary nitrogens is 1. The summed E-state index contributed by atoms with van der Waals surface area (Å²) >= 11 is 0. The van der Waals surface area contributed by atoms with Gasteiger partial charge < -0.3 is 9.64 Å². The van der Waals surface area contributed by atoms with E-state index in [9.17, 15) is 8.42 Å². The highest BCUT2D eigenvalue weighted by Crippen LogP contribution is 2.20. The van der Waals surface area contributed by atoms with Crippen molar-refractivity contribution in [3.63, 3.8) is 0 Å². The molecule has 6 heteroatoms. The van der Waals surface area contributed by atoms with Crippen molar-refractivity contribution in [3.05, 3.63) is 72.3 Å². The summed E-state index contributed by atoms with van der Waals surface area (Å²) in [7, 11) is -3.46. The Bertz CT molecular complexity index is 1070. The first-order chi connectivity index (χ1) is 14.1. The molecule has 0 bridgehead atoms. The molecule has 0 aromatic heterocycles. The Morgan fingerprint density at radius 3 is 2.34 bits per heavy atom. The minimum absolute atomic E-state index is 0.332. The fraction of sp³-hybridized carbons (Fsp3) is 0.304. The molecule has 0 spiro atoms. The molecule has 0 saturated carbocycles. The normalized spacial score (nSPS) is 16.2. The number of rotatable bonds is 6. The molecule has 0 radical (unpaired) electrons. The third-order valence-electron chi connectivity index (χ3n) is 5.52. The molecule has 4 rings (SSSR count). The highest BCUT2D eigenvalue weighted by Gasteiger charge is 2.30. The van der Waals surface area contributed by atoms with Crippen LogP contribution in [0.3, 0.4) is 0 Å². The van der Waals surface area contributed by atoms with Gasteiger partial charge in [-0.1, -0.05) is 42.5 Å². The third-order valence-corrected chi connectivity index (χ3v) is 7.44. The van der Waals surface area contributed by atoms with Crippen LogP contribution in [0.15, 0.2) is 71.6 Å². The van der Waals surface area contributed by atoms with Crippen LogP contribution in [0.25, 0.3) is 10.8 Å². The summed E-state index contributed by atoms with van der Waals surface area (Å²) in [6.45, 7) is 6.07. The van der Waals surface area contributed by atoms with Gasteiger partial charge >= 0.3 is 0 Å². The van der Waals surface area contributed by atoms with E-state index in [1.165, 1.54) is 21.2 Å². The second-order valence-corrected chi connectivity index (χ2v) is 9.31. The van der Waals surface area contributed by atoms with E-state index < -0.39 is 10.0 Å². The lowest BCUT2D eigenvalue weighted by Crippen LogP contribution is -3.13. The van der Waals surface area contributed by atoms with Crippen molar-refractivity contribution in [1.29, 1.82) is 0 Å².